The minimum absolute atomic E-state index is 0.439. The average molecular weight is 255 g/mol. The van der Waals surface area contributed by atoms with Crippen LogP contribution in [0, 0.1) is 0 Å². The zero-order valence-electron chi connectivity index (χ0n) is 10.1. The second kappa shape index (κ2) is 5.56. The number of nitrogens with one attached hydrogen (secondary N) is 1. The smallest absolute Gasteiger partial charge is 0.133 e. The number of rotatable bonds is 3. The number of aromatic nitrogens is 1. The zero-order valence-corrected chi connectivity index (χ0v) is 10.9. The van der Waals surface area contributed by atoms with Crippen LogP contribution in [0.1, 0.15) is 19.8 Å². The molecule has 0 radical (unpaired) electrons. The Hall–Kier alpha value is -1.00. The molecule has 0 amide bonds. The fraction of sp³-hybridized carbons (Fsp3) is 0.583. The Labute approximate surface area is 107 Å². The number of nitrogens with zero attached hydrogens (tertiary/aromatic N) is 2. The highest BCUT2D eigenvalue weighted by Gasteiger charge is 2.18. The molecule has 1 unspecified atom stereocenters. The molecular weight excluding hydrogens is 236 g/mol. The second-order valence-electron chi connectivity index (χ2n) is 4.49. The van der Waals surface area contributed by atoms with Gasteiger partial charge in [-0.25, -0.2) is 4.98 Å². The summed E-state index contributed by atoms with van der Waals surface area (Å²) in [5, 5.41) is 3.85. The summed E-state index contributed by atoms with van der Waals surface area (Å²) in [5.74, 6) is 0.776. The lowest BCUT2D eigenvalue weighted by molar-refractivity contribution is 0.226. The van der Waals surface area contributed by atoms with E-state index in [0.717, 1.165) is 18.9 Å². The van der Waals surface area contributed by atoms with Gasteiger partial charge >= 0.3 is 0 Å². The molecule has 1 aliphatic rings. The molecule has 1 aliphatic heterocycles. The van der Waals surface area contributed by atoms with Crippen molar-refractivity contribution < 1.29 is 0 Å². The van der Waals surface area contributed by atoms with Crippen LogP contribution in [0.15, 0.2) is 12.1 Å². The summed E-state index contributed by atoms with van der Waals surface area (Å²) >= 11 is 5.88. The van der Waals surface area contributed by atoms with Crippen LogP contribution in [0.3, 0.4) is 0 Å². The van der Waals surface area contributed by atoms with Gasteiger partial charge in [0.2, 0.25) is 0 Å². The van der Waals surface area contributed by atoms with E-state index in [2.05, 4.69) is 22.1 Å². The van der Waals surface area contributed by atoms with Crippen LogP contribution < -0.4 is 11.1 Å². The fourth-order valence-corrected chi connectivity index (χ4v) is 2.48. The van der Waals surface area contributed by atoms with E-state index in [0.29, 0.717) is 16.9 Å². The molecular formula is C12H19ClN4. The Kier molecular flexibility index (Phi) is 4.07. The molecule has 4 nitrogen and oxygen atoms in total. The number of nitrogens with two attached hydrogens (primary N) is 1. The van der Waals surface area contributed by atoms with Crippen molar-refractivity contribution in [2.24, 2.45) is 0 Å². The highest BCUT2D eigenvalue weighted by Crippen LogP contribution is 2.19. The summed E-state index contributed by atoms with van der Waals surface area (Å²) in [5.41, 5.74) is 6.39. The molecule has 1 aromatic rings. The lowest BCUT2D eigenvalue weighted by Crippen LogP contribution is -2.41. The number of anilines is 2. The number of nitrogen functional groups attached to an aromatic ring is 1. The van der Waals surface area contributed by atoms with Gasteiger partial charge in [0, 0.05) is 24.3 Å². The molecule has 1 atom stereocenters. The second-order valence-corrected chi connectivity index (χ2v) is 4.87. The van der Waals surface area contributed by atoms with Crippen molar-refractivity contribution in [3.05, 3.63) is 17.3 Å². The van der Waals surface area contributed by atoms with Crippen LogP contribution in [0.4, 0.5) is 11.5 Å². The third-order valence-electron chi connectivity index (χ3n) is 3.12. The number of likely N-dealkylation sites (N-methyl/N-ethyl adjacent to an activating group) is 1. The van der Waals surface area contributed by atoms with E-state index in [1.165, 1.54) is 19.4 Å². The number of piperidine rings is 1. The van der Waals surface area contributed by atoms with Gasteiger partial charge in [-0.2, -0.15) is 0 Å². The maximum atomic E-state index is 5.88. The van der Waals surface area contributed by atoms with Gasteiger partial charge in [-0.05, 0) is 32.0 Å². The maximum absolute atomic E-state index is 5.88. The van der Waals surface area contributed by atoms with Crippen LogP contribution in [0.5, 0.6) is 0 Å². The quantitative estimate of drug-likeness (QED) is 0.813. The van der Waals surface area contributed by atoms with Gasteiger partial charge in [-0.1, -0.05) is 18.5 Å². The topological polar surface area (TPSA) is 54.2 Å². The van der Waals surface area contributed by atoms with E-state index >= 15 is 0 Å². The van der Waals surface area contributed by atoms with Gasteiger partial charge in [0.25, 0.3) is 0 Å². The van der Waals surface area contributed by atoms with Gasteiger partial charge in [0.1, 0.15) is 11.0 Å². The molecule has 2 rings (SSSR count). The minimum atomic E-state index is 0.439. The van der Waals surface area contributed by atoms with Crippen LogP contribution in [0.25, 0.3) is 0 Å². The zero-order chi connectivity index (χ0) is 12.3. The standard InChI is InChI=1S/C12H19ClN4/c1-2-17-5-3-4-10(8-17)15-12-7-9(14)6-11(13)16-12/h6-7,10H,2-5,8H2,1H3,(H3,14,15,16). The minimum Gasteiger partial charge on any atom is -0.399 e. The highest BCUT2D eigenvalue weighted by molar-refractivity contribution is 6.29. The van der Waals surface area contributed by atoms with E-state index in [1.54, 1.807) is 6.07 Å². The average Bonchev–Trinajstić information content (AvgIpc) is 2.28. The van der Waals surface area contributed by atoms with Gasteiger partial charge in [-0.3, -0.25) is 0 Å². The normalized spacial score (nSPS) is 21.4. The molecule has 2 heterocycles. The first-order valence-electron chi connectivity index (χ1n) is 6.09. The third-order valence-corrected chi connectivity index (χ3v) is 3.31. The SMILES string of the molecule is CCN1CCCC(Nc2cc(N)cc(Cl)n2)C1. The van der Waals surface area contributed by atoms with Gasteiger partial charge in [-0.15, -0.1) is 0 Å². The number of hydrogen-bond acceptors (Lipinski definition) is 4. The lowest BCUT2D eigenvalue weighted by atomic mass is 10.1. The Morgan fingerprint density at radius 2 is 2.41 bits per heavy atom. The molecule has 0 bridgehead atoms. The number of likely N-dealkylation sites (tertiary alicyclic amines) is 1. The van der Waals surface area contributed by atoms with Crippen molar-refractivity contribution in [2.45, 2.75) is 25.8 Å². The van der Waals surface area contributed by atoms with Crippen LogP contribution in [0.2, 0.25) is 5.15 Å². The van der Waals surface area contributed by atoms with Gasteiger partial charge in [0.15, 0.2) is 0 Å². The van der Waals surface area contributed by atoms with Gasteiger partial charge in [0.05, 0.1) is 0 Å². The third kappa shape index (κ3) is 3.48. The molecule has 3 N–H and O–H groups in total. The van der Waals surface area contributed by atoms with E-state index in [-0.39, 0.29) is 0 Å². The summed E-state index contributed by atoms with van der Waals surface area (Å²) in [6.45, 7) is 5.55. The summed E-state index contributed by atoms with van der Waals surface area (Å²) in [6.07, 6.45) is 2.39. The summed E-state index contributed by atoms with van der Waals surface area (Å²) in [6, 6.07) is 3.93. The molecule has 5 heteroatoms. The summed E-state index contributed by atoms with van der Waals surface area (Å²) in [4.78, 5) is 6.67. The molecule has 17 heavy (non-hydrogen) atoms. The molecule has 1 saturated heterocycles. The van der Waals surface area contributed by atoms with E-state index in [1.807, 2.05) is 6.07 Å². The predicted molar refractivity (Wildman–Crippen MR) is 72.4 cm³/mol. The van der Waals surface area contributed by atoms with Gasteiger partial charge < -0.3 is 16.0 Å². The number of pyridine rings is 1. The first-order chi connectivity index (χ1) is 8.17. The van der Waals surface area contributed by atoms with Crippen molar-refractivity contribution in [1.29, 1.82) is 0 Å². The monoisotopic (exact) mass is 254 g/mol. The first kappa shape index (κ1) is 12.5. The molecule has 0 aliphatic carbocycles. The first-order valence-corrected chi connectivity index (χ1v) is 6.47. The number of halogens is 1. The van der Waals surface area contributed by atoms with Crippen molar-refractivity contribution >= 4 is 23.1 Å². The van der Waals surface area contributed by atoms with E-state index in [9.17, 15) is 0 Å². The van der Waals surface area contributed by atoms with Crippen LogP contribution >= 0.6 is 11.6 Å². The summed E-state index contributed by atoms with van der Waals surface area (Å²) < 4.78 is 0. The summed E-state index contributed by atoms with van der Waals surface area (Å²) in [7, 11) is 0. The lowest BCUT2D eigenvalue weighted by Gasteiger charge is -2.32. The Bertz CT molecular complexity index is 363. The van der Waals surface area contributed by atoms with Crippen molar-refractivity contribution in [1.82, 2.24) is 9.88 Å². The maximum Gasteiger partial charge on any atom is 0.133 e. The molecule has 1 aromatic heterocycles. The van der Waals surface area contributed by atoms with E-state index < -0.39 is 0 Å². The highest BCUT2D eigenvalue weighted by atomic mass is 35.5. The molecule has 1 fully saturated rings. The van der Waals surface area contributed by atoms with Crippen molar-refractivity contribution in [2.75, 3.05) is 30.7 Å². The molecule has 0 saturated carbocycles. The number of hydrogen-bond donors (Lipinski definition) is 2. The fourth-order valence-electron chi connectivity index (χ4n) is 2.26. The Morgan fingerprint density at radius 3 is 3.12 bits per heavy atom. The Morgan fingerprint density at radius 1 is 1.59 bits per heavy atom. The molecule has 0 aromatic carbocycles. The largest absolute Gasteiger partial charge is 0.399 e. The van der Waals surface area contributed by atoms with Crippen molar-refractivity contribution in [3.63, 3.8) is 0 Å². The molecule has 94 valence electrons. The van der Waals surface area contributed by atoms with Crippen LogP contribution in [-0.2, 0) is 0 Å². The predicted octanol–water partition coefficient (Wildman–Crippen LogP) is 2.21. The van der Waals surface area contributed by atoms with Crippen LogP contribution in [-0.4, -0.2) is 35.6 Å². The van der Waals surface area contributed by atoms with Crippen molar-refractivity contribution in [3.8, 4) is 0 Å². The van der Waals surface area contributed by atoms with E-state index in [4.69, 9.17) is 17.3 Å². The Balaban J connectivity index is 2.00. The molecule has 0 spiro atoms.